The molecule has 37 heavy (non-hydrogen) atoms. The zero-order valence-corrected chi connectivity index (χ0v) is 21.5. The van der Waals surface area contributed by atoms with E-state index in [0.29, 0.717) is 43.4 Å². The molecule has 4 rings (SSSR count). The number of aromatic nitrogens is 2. The maximum absolute atomic E-state index is 11.8. The van der Waals surface area contributed by atoms with Crippen LogP contribution in [0.4, 0.5) is 0 Å². The Kier molecular flexibility index (Phi) is 9.23. The molecule has 1 atom stereocenters. The van der Waals surface area contributed by atoms with Crippen molar-refractivity contribution in [2.75, 3.05) is 19.8 Å². The molecular weight excluding hydrogens is 466 g/mol. The molecule has 192 valence electrons. The molecule has 2 heterocycles. The molecular formula is C30H33N3O4. The van der Waals surface area contributed by atoms with Crippen molar-refractivity contribution in [3.8, 4) is 23.1 Å². The topological polar surface area (TPSA) is 94.3 Å². The van der Waals surface area contributed by atoms with Crippen LogP contribution in [0.15, 0.2) is 54.7 Å². The minimum absolute atomic E-state index is 0.0738. The largest absolute Gasteiger partial charge is 0.489 e. The first-order valence-corrected chi connectivity index (χ1v) is 12.9. The highest BCUT2D eigenvalue weighted by atomic mass is 16.5. The molecule has 0 saturated carbocycles. The number of carbonyl (C=O) groups is 1. The Morgan fingerprint density at radius 3 is 2.62 bits per heavy atom. The zero-order valence-electron chi connectivity index (χ0n) is 21.5. The number of aryl methyl sites for hydroxylation is 1. The molecule has 0 spiro atoms. The zero-order chi connectivity index (χ0) is 26.0. The number of hydrogen-bond donors (Lipinski definition) is 0. The molecule has 2 aromatic carbocycles. The van der Waals surface area contributed by atoms with Crippen LogP contribution in [0.5, 0.6) is 5.75 Å². The van der Waals surface area contributed by atoms with Crippen molar-refractivity contribution in [1.82, 2.24) is 9.97 Å². The summed E-state index contributed by atoms with van der Waals surface area (Å²) < 4.78 is 16.6. The van der Waals surface area contributed by atoms with Gasteiger partial charge in [0.05, 0.1) is 37.0 Å². The molecule has 1 fully saturated rings. The number of nitriles is 1. The van der Waals surface area contributed by atoms with Crippen molar-refractivity contribution in [3.63, 3.8) is 0 Å². The lowest BCUT2D eigenvalue weighted by Crippen LogP contribution is -2.26. The lowest BCUT2D eigenvalue weighted by Gasteiger charge is -2.23. The average Bonchev–Trinajstić information content (AvgIpc) is 2.93. The molecule has 7 heteroatoms. The predicted octanol–water partition coefficient (Wildman–Crippen LogP) is 5.30. The number of rotatable bonds is 10. The summed E-state index contributed by atoms with van der Waals surface area (Å²) in [5.74, 6) is 1.06. The number of ether oxygens (including phenoxy) is 3. The number of benzene rings is 2. The molecule has 1 aliphatic heterocycles. The summed E-state index contributed by atoms with van der Waals surface area (Å²) in [6, 6.07) is 18.1. The Labute approximate surface area is 218 Å². The van der Waals surface area contributed by atoms with Gasteiger partial charge in [-0.05, 0) is 55.2 Å². The van der Waals surface area contributed by atoms with Crippen molar-refractivity contribution in [2.45, 2.75) is 52.1 Å². The SMILES string of the molecule is CCOC(=O)C(C)CCc1ccc(Cc2nccc(-c3ccc(OC4CCOCC4)c(C#N)c3)n2)cc1. The summed E-state index contributed by atoms with van der Waals surface area (Å²) in [5.41, 5.74) is 4.41. The van der Waals surface area contributed by atoms with Gasteiger partial charge in [-0.2, -0.15) is 5.26 Å². The summed E-state index contributed by atoms with van der Waals surface area (Å²) in [5, 5.41) is 9.70. The first-order chi connectivity index (χ1) is 18.1. The number of hydrogen-bond acceptors (Lipinski definition) is 7. The van der Waals surface area contributed by atoms with Gasteiger partial charge in [0.1, 0.15) is 23.7 Å². The third-order valence-electron chi connectivity index (χ3n) is 6.50. The monoisotopic (exact) mass is 499 g/mol. The van der Waals surface area contributed by atoms with E-state index in [0.717, 1.165) is 42.5 Å². The summed E-state index contributed by atoms with van der Waals surface area (Å²) in [7, 11) is 0. The van der Waals surface area contributed by atoms with Crippen molar-refractivity contribution < 1.29 is 19.0 Å². The van der Waals surface area contributed by atoms with Crippen molar-refractivity contribution >= 4 is 5.97 Å². The van der Waals surface area contributed by atoms with Gasteiger partial charge >= 0.3 is 5.97 Å². The van der Waals surface area contributed by atoms with Crippen LogP contribution in [0, 0.1) is 17.2 Å². The Hall–Kier alpha value is -3.76. The van der Waals surface area contributed by atoms with Crippen molar-refractivity contribution in [1.29, 1.82) is 5.26 Å². The van der Waals surface area contributed by atoms with Crippen LogP contribution in [0.2, 0.25) is 0 Å². The summed E-state index contributed by atoms with van der Waals surface area (Å²) >= 11 is 0. The second kappa shape index (κ2) is 13.0. The van der Waals surface area contributed by atoms with Crippen molar-refractivity contribution in [3.05, 3.63) is 77.2 Å². The average molecular weight is 500 g/mol. The highest BCUT2D eigenvalue weighted by Crippen LogP contribution is 2.27. The third kappa shape index (κ3) is 7.37. The first-order valence-electron chi connectivity index (χ1n) is 12.9. The molecule has 0 aliphatic carbocycles. The van der Waals surface area contributed by atoms with E-state index in [4.69, 9.17) is 19.2 Å². The maximum Gasteiger partial charge on any atom is 0.308 e. The molecule has 1 aliphatic rings. The van der Waals surface area contributed by atoms with E-state index in [9.17, 15) is 10.1 Å². The molecule has 1 aromatic heterocycles. The van der Waals surface area contributed by atoms with Crippen LogP contribution in [0.3, 0.4) is 0 Å². The Morgan fingerprint density at radius 1 is 1.14 bits per heavy atom. The predicted molar refractivity (Wildman–Crippen MR) is 140 cm³/mol. The Bertz CT molecular complexity index is 1230. The fourth-order valence-corrected chi connectivity index (χ4v) is 4.29. The fourth-order valence-electron chi connectivity index (χ4n) is 4.29. The van der Waals surface area contributed by atoms with Crippen LogP contribution in [0.25, 0.3) is 11.3 Å². The van der Waals surface area contributed by atoms with E-state index in [-0.39, 0.29) is 18.0 Å². The molecule has 1 saturated heterocycles. The normalized spacial score (nSPS) is 14.5. The van der Waals surface area contributed by atoms with Gasteiger partial charge in [-0.3, -0.25) is 4.79 Å². The van der Waals surface area contributed by atoms with Gasteiger partial charge in [-0.15, -0.1) is 0 Å². The van der Waals surface area contributed by atoms with E-state index in [2.05, 4.69) is 35.3 Å². The minimum atomic E-state index is -0.139. The van der Waals surface area contributed by atoms with Gasteiger partial charge in [0, 0.05) is 31.0 Å². The highest BCUT2D eigenvalue weighted by Gasteiger charge is 2.18. The molecule has 0 N–H and O–H groups in total. The standard InChI is InChI=1S/C30H33N3O4/c1-3-36-30(34)21(2)4-5-22-6-8-23(9-7-22)18-29-32-15-12-27(33-29)24-10-11-28(25(19-24)20-31)37-26-13-16-35-17-14-26/h6-12,15,19,21,26H,3-5,13-14,16-18H2,1-2H3. The van der Waals surface area contributed by atoms with Gasteiger partial charge < -0.3 is 14.2 Å². The van der Waals surface area contributed by atoms with E-state index in [1.165, 1.54) is 5.56 Å². The third-order valence-corrected chi connectivity index (χ3v) is 6.50. The van der Waals surface area contributed by atoms with Crippen LogP contribution in [-0.4, -0.2) is 41.9 Å². The minimum Gasteiger partial charge on any atom is -0.489 e. The van der Waals surface area contributed by atoms with E-state index < -0.39 is 0 Å². The molecule has 0 amide bonds. The molecule has 3 aromatic rings. The summed E-state index contributed by atoms with van der Waals surface area (Å²) in [4.78, 5) is 21.0. The fraction of sp³-hybridized carbons (Fsp3) is 0.400. The van der Waals surface area contributed by atoms with Gasteiger partial charge in [0.25, 0.3) is 0 Å². The Balaban J connectivity index is 1.39. The van der Waals surface area contributed by atoms with Crippen molar-refractivity contribution in [2.24, 2.45) is 5.92 Å². The number of esters is 1. The van der Waals surface area contributed by atoms with Gasteiger partial charge in [0.15, 0.2) is 0 Å². The van der Waals surface area contributed by atoms with E-state index >= 15 is 0 Å². The summed E-state index contributed by atoms with van der Waals surface area (Å²) in [6.45, 7) is 5.52. The molecule has 7 nitrogen and oxygen atoms in total. The smallest absolute Gasteiger partial charge is 0.308 e. The van der Waals surface area contributed by atoms with Gasteiger partial charge in [0.2, 0.25) is 0 Å². The number of nitrogens with zero attached hydrogens (tertiary/aromatic N) is 3. The summed E-state index contributed by atoms with van der Waals surface area (Å²) in [6.07, 6.45) is 5.66. The highest BCUT2D eigenvalue weighted by molar-refractivity contribution is 5.71. The quantitative estimate of drug-likeness (QED) is 0.350. The van der Waals surface area contributed by atoms with E-state index in [1.807, 2.05) is 38.1 Å². The van der Waals surface area contributed by atoms with Crippen LogP contribution < -0.4 is 4.74 Å². The van der Waals surface area contributed by atoms with E-state index in [1.54, 1.807) is 6.20 Å². The first kappa shape index (κ1) is 26.3. The molecule has 0 radical (unpaired) electrons. The van der Waals surface area contributed by atoms with Gasteiger partial charge in [-0.25, -0.2) is 9.97 Å². The lowest BCUT2D eigenvalue weighted by molar-refractivity contribution is -0.147. The number of carbonyl (C=O) groups excluding carboxylic acids is 1. The van der Waals surface area contributed by atoms with Crippen LogP contribution in [0.1, 0.15) is 55.6 Å². The van der Waals surface area contributed by atoms with Crippen LogP contribution in [-0.2, 0) is 27.1 Å². The van der Waals surface area contributed by atoms with Crippen LogP contribution >= 0.6 is 0 Å². The second-order valence-corrected chi connectivity index (χ2v) is 9.30. The Morgan fingerprint density at radius 2 is 1.89 bits per heavy atom. The molecule has 0 bridgehead atoms. The second-order valence-electron chi connectivity index (χ2n) is 9.30. The maximum atomic E-state index is 11.8. The van der Waals surface area contributed by atoms with Gasteiger partial charge in [-0.1, -0.05) is 31.2 Å². The molecule has 1 unspecified atom stereocenters. The lowest BCUT2D eigenvalue weighted by atomic mass is 10.00.